The molecule has 0 radical (unpaired) electrons. The predicted octanol–water partition coefficient (Wildman–Crippen LogP) is 3.43. The molecule has 3 nitrogen and oxygen atoms in total. The number of aryl methyl sites for hydroxylation is 1. The molecule has 0 fully saturated rings. The molecule has 2 aromatic rings. The zero-order chi connectivity index (χ0) is 14.7. The summed E-state index contributed by atoms with van der Waals surface area (Å²) in [7, 11) is 0. The molecule has 3 rings (SSSR count). The molecular weight excluding hydrogens is 260 g/mol. The van der Waals surface area contributed by atoms with Gasteiger partial charge in [0.15, 0.2) is 0 Å². The van der Waals surface area contributed by atoms with Crippen molar-refractivity contribution in [1.29, 1.82) is 0 Å². The summed E-state index contributed by atoms with van der Waals surface area (Å²) in [4.78, 5) is 4.34. The summed E-state index contributed by atoms with van der Waals surface area (Å²) in [5.74, 6) is 1.02. The van der Waals surface area contributed by atoms with Crippen molar-refractivity contribution in [3.05, 3.63) is 59.4 Å². The first-order chi connectivity index (χ1) is 10.3. The lowest BCUT2D eigenvalue weighted by Gasteiger charge is -2.25. The smallest absolute Gasteiger partial charge is 0.123 e. The van der Waals surface area contributed by atoms with Crippen LogP contribution in [0, 0.1) is 6.92 Å². The zero-order valence-electron chi connectivity index (χ0n) is 12.7. The fourth-order valence-electron chi connectivity index (χ4n) is 2.91. The summed E-state index contributed by atoms with van der Waals surface area (Å²) in [6.07, 6.45) is 6.04. The quantitative estimate of drug-likeness (QED) is 0.912. The van der Waals surface area contributed by atoms with Crippen LogP contribution in [0.4, 0.5) is 0 Å². The Kier molecular flexibility index (Phi) is 4.20. The van der Waals surface area contributed by atoms with E-state index in [1.807, 2.05) is 18.5 Å². The number of fused-ring (bicyclic) bond motifs is 1. The Balaban J connectivity index is 1.84. The number of aromatic nitrogens is 1. The molecule has 110 valence electrons. The van der Waals surface area contributed by atoms with Gasteiger partial charge < -0.3 is 10.1 Å². The minimum absolute atomic E-state index is 0.137. The van der Waals surface area contributed by atoms with E-state index in [0.29, 0.717) is 0 Å². The van der Waals surface area contributed by atoms with Crippen LogP contribution in [0.1, 0.15) is 36.1 Å². The molecule has 1 N–H and O–H groups in total. The Bertz CT molecular complexity index is 587. The molecule has 1 aliphatic rings. The van der Waals surface area contributed by atoms with E-state index >= 15 is 0 Å². The van der Waals surface area contributed by atoms with Crippen molar-refractivity contribution in [3.8, 4) is 5.75 Å². The van der Waals surface area contributed by atoms with Crippen LogP contribution in [0.25, 0.3) is 0 Å². The van der Waals surface area contributed by atoms with Crippen LogP contribution in [0.2, 0.25) is 0 Å². The van der Waals surface area contributed by atoms with Gasteiger partial charge in [-0.3, -0.25) is 4.98 Å². The highest BCUT2D eigenvalue weighted by atomic mass is 16.5. The van der Waals surface area contributed by atoms with Crippen LogP contribution in [-0.4, -0.2) is 17.6 Å². The van der Waals surface area contributed by atoms with E-state index in [-0.39, 0.29) is 12.1 Å². The van der Waals surface area contributed by atoms with Gasteiger partial charge in [0.25, 0.3) is 0 Å². The summed E-state index contributed by atoms with van der Waals surface area (Å²) in [6, 6.07) is 10.7. The maximum atomic E-state index is 6.17. The monoisotopic (exact) mass is 282 g/mol. The van der Waals surface area contributed by atoms with Gasteiger partial charge in [0.1, 0.15) is 11.9 Å². The number of para-hydroxylation sites is 1. The molecule has 3 heteroatoms. The Morgan fingerprint density at radius 1 is 1.33 bits per heavy atom. The van der Waals surface area contributed by atoms with Gasteiger partial charge in [0.05, 0.1) is 6.04 Å². The second-order valence-electron chi connectivity index (χ2n) is 5.70. The molecule has 1 aromatic heterocycles. The average Bonchev–Trinajstić information content (AvgIpc) is 2.91. The third-order valence-corrected chi connectivity index (χ3v) is 3.91. The molecule has 2 unspecified atom stereocenters. The van der Waals surface area contributed by atoms with Gasteiger partial charge in [-0.05, 0) is 42.6 Å². The van der Waals surface area contributed by atoms with E-state index in [1.165, 1.54) is 16.7 Å². The fourth-order valence-corrected chi connectivity index (χ4v) is 2.91. The molecule has 0 saturated heterocycles. The van der Waals surface area contributed by atoms with Gasteiger partial charge in [0.2, 0.25) is 0 Å². The minimum Gasteiger partial charge on any atom is -0.488 e. The number of pyridine rings is 1. The highest BCUT2D eigenvalue weighted by Crippen LogP contribution is 2.34. The lowest BCUT2D eigenvalue weighted by Crippen LogP contribution is -2.35. The minimum atomic E-state index is 0.137. The van der Waals surface area contributed by atoms with E-state index < -0.39 is 0 Å². The maximum Gasteiger partial charge on any atom is 0.123 e. The number of ether oxygens (including phenoxy) is 1. The topological polar surface area (TPSA) is 34.2 Å². The van der Waals surface area contributed by atoms with Crippen molar-refractivity contribution in [1.82, 2.24) is 10.3 Å². The number of nitrogens with one attached hydrogen (secondary N) is 1. The third-order valence-electron chi connectivity index (χ3n) is 3.91. The number of hydrogen-bond acceptors (Lipinski definition) is 3. The lowest BCUT2D eigenvalue weighted by molar-refractivity contribution is 0.178. The summed E-state index contributed by atoms with van der Waals surface area (Å²) in [6.45, 7) is 5.25. The van der Waals surface area contributed by atoms with Crippen LogP contribution in [0.3, 0.4) is 0 Å². The van der Waals surface area contributed by atoms with Crippen molar-refractivity contribution in [2.45, 2.75) is 38.8 Å². The Morgan fingerprint density at radius 3 is 2.95 bits per heavy atom. The van der Waals surface area contributed by atoms with Crippen molar-refractivity contribution in [2.75, 3.05) is 6.54 Å². The average molecular weight is 282 g/mol. The number of rotatable bonds is 5. The highest BCUT2D eigenvalue weighted by Gasteiger charge is 2.31. The summed E-state index contributed by atoms with van der Waals surface area (Å²) in [5, 5.41) is 3.62. The second kappa shape index (κ2) is 6.27. The maximum absolute atomic E-state index is 6.17. The van der Waals surface area contributed by atoms with Gasteiger partial charge in [-0.1, -0.05) is 31.2 Å². The SMILES string of the molecule is CCCNC(c1cncc(C)c1)C1Cc2ccccc2O1. The molecule has 21 heavy (non-hydrogen) atoms. The third kappa shape index (κ3) is 3.08. The first-order valence-electron chi connectivity index (χ1n) is 7.67. The Labute approximate surface area is 126 Å². The molecule has 1 aliphatic heterocycles. The summed E-state index contributed by atoms with van der Waals surface area (Å²) in [5.41, 5.74) is 3.69. The van der Waals surface area contributed by atoms with E-state index in [2.05, 4.69) is 48.4 Å². The van der Waals surface area contributed by atoms with Crippen LogP contribution in [0.15, 0.2) is 42.7 Å². The van der Waals surface area contributed by atoms with Gasteiger partial charge in [-0.15, -0.1) is 0 Å². The van der Waals surface area contributed by atoms with Crippen LogP contribution < -0.4 is 10.1 Å². The number of nitrogens with zero attached hydrogens (tertiary/aromatic N) is 1. The molecular formula is C18H22N2O. The van der Waals surface area contributed by atoms with Crippen molar-refractivity contribution in [2.24, 2.45) is 0 Å². The van der Waals surface area contributed by atoms with Crippen LogP contribution in [-0.2, 0) is 6.42 Å². The first kappa shape index (κ1) is 14.1. The van der Waals surface area contributed by atoms with E-state index in [9.17, 15) is 0 Å². The van der Waals surface area contributed by atoms with E-state index in [1.54, 1.807) is 0 Å². The molecule has 0 amide bonds. The number of hydrogen-bond donors (Lipinski definition) is 1. The van der Waals surface area contributed by atoms with Crippen LogP contribution in [0.5, 0.6) is 5.75 Å². The van der Waals surface area contributed by atoms with Crippen molar-refractivity contribution in [3.63, 3.8) is 0 Å². The van der Waals surface area contributed by atoms with Gasteiger partial charge in [-0.2, -0.15) is 0 Å². The standard InChI is InChI=1S/C18H22N2O/c1-3-8-20-18(15-9-13(2)11-19-12-15)17-10-14-6-4-5-7-16(14)21-17/h4-7,9,11-12,17-18,20H,3,8,10H2,1-2H3. The van der Waals surface area contributed by atoms with Crippen LogP contribution >= 0.6 is 0 Å². The van der Waals surface area contributed by atoms with Gasteiger partial charge in [0, 0.05) is 18.8 Å². The molecule has 0 spiro atoms. The van der Waals surface area contributed by atoms with E-state index in [4.69, 9.17) is 4.74 Å². The first-order valence-corrected chi connectivity index (χ1v) is 7.67. The largest absolute Gasteiger partial charge is 0.488 e. The molecule has 0 bridgehead atoms. The molecule has 0 saturated carbocycles. The Hall–Kier alpha value is -1.87. The number of benzene rings is 1. The van der Waals surface area contributed by atoms with Gasteiger partial charge >= 0.3 is 0 Å². The highest BCUT2D eigenvalue weighted by molar-refractivity contribution is 5.38. The second-order valence-corrected chi connectivity index (χ2v) is 5.70. The lowest BCUT2D eigenvalue weighted by atomic mass is 9.98. The predicted molar refractivity (Wildman–Crippen MR) is 84.6 cm³/mol. The van der Waals surface area contributed by atoms with Gasteiger partial charge in [-0.25, -0.2) is 0 Å². The molecule has 1 aromatic carbocycles. The van der Waals surface area contributed by atoms with E-state index in [0.717, 1.165) is 25.1 Å². The zero-order valence-corrected chi connectivity index (χ0v) is 12.7. The molecule has 2 atom stereocenters. The molecule has 0 aliphatic carbocycles. The summed E-state index contributed by atoms with van der Waals surface area (Å²) < 4.78 is 6.17. The Morgan fingerprint density at radius 2 is 2.19 bits per heavy atom. The van der Waals surface area contributed by atoms with Crippen molar-refractivity contribution >= 4 is 0 Å². The fraction of sp³-hybridized carbons (Fsp3) is 0.389. The normalized spacial score (nSPS) is 18.1. The van der Waals surface area contributed by atoms with Crippen molar-refractivity contribution < 1.29 is 4.74 Å². The summed E-state index contributed by atoms with van der Waals surface area (Å²) >= 11 is 0. The molecule has 2 heterocycles.